The van der Waals surface area contributed by atoms with Crippen LogP contribution >= 0.6 is 0 Å². The first-order valence-electron chi connectivity index (χ1n) is 5.68. The number of rotatable bonds is 0. The second kappa shape index (κ2) is 3.08. The summed E-state index contributed by atoms with van der Waals surface area (Å²) >= 11 is 0. The molecular formula is C15H10N2. The van der Waals surface area contributed by atoms with Gasteiger partial charge in [-0.15, -0.1) is 0 Å². The lowest BCUT2D eigenvalue weighted by Gasteiger charge is -2.21. The van der Waals surface area contributed by atoms with E-state index in [1.165, 1.54) is 22.2 Å². The lowest BCUT2D eigenvalue weighted by atomic mass is 9.95. The van der Waals surface area contributed by atoms with Crippen LogP contribution < -0.4 is 5.32 Å². The maximum atomic E-state index is 4.42. The number of aromatic nitrogens is 1. The minimum Gasteiger partial charge on any atom is -0.354 e. The summed E-state index contributed by atoms with van der Waals surface area (Å²) in [6.45, 7) is 0. The lowest BCUT2D eigenvalue weighted by Crippen LogP contribution is -2.01. The Hall–Kier alpha value is -2.35. The number of hydrogen-bond acceptors (Lipinski definition) is 2. The first kappa shape index (κ1) is 8.76. The van der Waals surface area contributed by atoms with Gasteiger partial charge in [-0.2, -0.15) is 0 Å². The first-order chi connectivity index (χ1) is 8.43. The van der Waals surface area contributed by atoms with Gasteiger partial charge < -0.3 is 5.32 Å². The van der Waals surface area contributed by atoms with Gasteiger partial charge in [-0.3, -0.25) is 4.98 Å². The fourth-order valence-electron chi connectivity index (χ4n) is 2.51. The van der Waals surface area contributed by atoms with E-state index in [2.05, 4.69) is 52.8 Å². The molecule has 1 N–H and O–H groups in total. The molecule has 80 valence electrons. The molecule has 0 atom stereocenters. The van der Waals surface area contributed by atoms with Crippen molar-refractivity contribution in [2.45, 2.75) is 0 Å². The smallest absolute Gasteiger partial charge is 0.0729 e. The average Bonchev–Trinajstić information content (AvgIpc) is 2.39. The third-order valence-electron chi connectivity index (χ3n) is 3.25. The predicted octanol–water partition coefficient (Wildman–Crippen LogP) is 3.96. The molecule has 0 unspecified atom stereocenters. The Labute approximate surface area is 98.9 Å². The summed E-state index contributed by atoms with van der Waals surface area (Å²) in [5.41, 5.74) is 5.86. The minimum atomic E-state index is 1.04. The van der Waals surface area contributed by atoms with Crippen LogP contribution in [-0.2, 0) is 0 Å². The van der Waals surface area contributed by atoms with E-state index in [1.807, 2.05) is 12.3 Å². The molecule has 2 aromatic carbocycles. The van der Waals surface area contributed by atoms with Crippen LogP contribution in [0.2, 0.25) is 0 Å². The average molecular weight is 218 g/mol. The van der Waals surface area contributed by atoms with E-state index in [0.29, 0.717) is 0 Å². The Bertz CT molecular complexity index is 727. The molecular weight excluding hydrogens is 208 g/mol. The first-order valence-corrected chi connectivity index (χ1v) is 5.68. The van der Waals surface area contributed by atoms with Crippen molar-refractivity contribution in [1.29, 1.82) is 0 Å². The highest BCUT2D eigenvalue weighted by Gasteiger charge is 2.16. The molecule has 0 fully saturated rings. The standard InChI is InChI=1S/C15H10N2/c1-2-6-12-10(4-1)11-5-3-7-13-15(11)14(17-12)8-9-16-13/h1-9,17H. The molecule has 0 amide bonds. The van der Waals surface area contributed by atoms with E-state index in [1.54, 1.807) is 0 Å². The molecule has 17 heavy (non-hydrogen) atoms. The van der Waals surface area contributed by atoms with Crippen LogP contribution in [0.5, 0.6) is 0 Å². The van der Waals surface area contributed by atoms with Crippen molar-refractivity contribution in [1.82, 2.24) is 4.98 Å². The largest absolute Gasteiger partial charge is 0.354 e. The molecule has 1 aromatic heterocycles. The third kappa shape index (κ3) is 1.12. The Morgan fingerprint density at radius 2 is 1.65 bits per heavy atom. The van der Waals surface area contributed by atoms with Gasteiger partial charge in [0, 0.05) is 22.8 Å². The molecule has 2 nitrogen and oxygen atoms in total. The predicted molar refractivity (Wildman–Crippen MR) is 70.5 cm³/mol. The van der Waals surface area contributed by atoms with Gasteiger partial charge in [0.1, 0.15) is 0 Å². The van der Waals surface area contributed by atoms with Crippen LogP contribution in [0.4, 0.5) is 11.4 Å². The van der Waals surface area contributed by atoms with Gasteiger partial charge in [0.25, 0.3) is 0 Å². The second-order valence-corrected chi connectivity index (χ2v) is 4.23. The summed E-state index contributed by atoms with van der Waals surface area (Å²) in [5.74, 6) is 0. The highest BCUT2D eigenvalue weighted by molar-refractivity contribution is 6.09. The molecule has 1 aliphatic rings. The Morgan fingerprint density at radius 1 is 0.765 bits per heavy atom. The lowest BCUT2D eigenvalue weighted by molar-refractivity contribution is 1.39. The SMILES string of the molecule is c1ccc2c(c1)Nc1ccnc3cccc-2c13. The van der Waals surface area contributed by atoms with Crippen molar-refractivity contribution < 1.29 is 0 Å². The zero-order valence-electron chi connectivity index (χ0n) is 9.14. The van der Waals surface area contributed by atoms with Crippen LogP contribution in [0.15, 0.2) is 54.7 Å². The highest BCUT2D eigenvalue weighted by Crippen LogP contribution is 2.42. The van der Waals surface area contributed by atoms with Crippen LogP contribution in [-0.4, -0.2) is 4.98 Å². The number of benzene rings is 2. The quantitative estimate of drug-likeness (QED) is 0.483. The van der Waals surface area contributed by atoms with Gasteiger partial charge in [0.05, 0.1) is 11.2 Å². The van der Waals surface area contributed by atoms with E-state index < -0.39 is 0 Å². The highest BCUT2D eigenvalue weighted by atomic mass is 14.9. The fraction of sp³-hybridized carbons (Fsp3) is 0. The third-order valence-corrected chi connectivity index (χ3v) is 3.25. The number of anilines is 2. The van der Waals surface area contributed by atoms with E-state index in [9.17, 15) is 0 Å². The monoisotopic (exact) mass is 218 g/mol. The number of pyridine rings is 1. The fourth-order valence-corrected chi connectivity index (χ4v) is 2.51. The van der Waals surface area contributed by atoms with E-state index in [0.717, 1.165) is 11.2 Å². The maximum Gasteiger partial charge on any atom is 0.0729 e. The van der Waals surface area contributed by atoms with E-state index in [4.69, 9.17) is 0 Å². The molecule has 4 rings (SSSR count). The molecule has 0 spiro atoms. The Morgan fingerprint density at radius 3 is 2.65 bits per heavy atom. The molecule has 0 aliphatic carbocycles. The van der Waals surface area contributed by atoms with Crippen LogP contribution in [0.1, 0.15) is 0 Å². The molecule has 1 aliphatic heterocycles. The van der Waals surface area contributed by atoms with Crippen LogP contribution in [0, 0.1) is 0 Å². The summed E-state index contributed by atoms with van der Waals surface area (Å²) in [6, 6.07) is 16.7. The number of para-hydroxylation sites is 1. The molecule has 0 bridgehead atoms. The molecule has 3 aromatic rings. The maximum absolute atomic E-state index is 4.42. The van der Waals surface area contributed by atoms with E-state index in [-0.39, 0.29) is 0 Å². The molecule has 2 heterocycles. The number of hydrogen-bond donors (Lipinski definition) is 1. The Balaban J connectivity index is 2.22. The summed E-state index contributed by atoms with van der Waals surface area (Å²) in [7, 11) is 0. The van der Waals surface area contributed by atoms with Crippen molar-refractivity contribution in [2.24, 2.45) is 0 Å². The summed E-state index contributed by atoms with van der Waals surface area (Å²) < 4.78 is 0. The summed E-state index contributed by atoms with van der Waals surface area (Å²) in [6.07, 6.45) is 1.85. The number of fused-ring (bicyclic) bond motifs is 2. The molecule has 0 saturated heterocycles. The van der Waals surface area contributed by atoms with Gasteiger partial charge in [-0.1, -0.05) is 30.3 Å². The van der Waals surface area contributed by atoms with Crippen molar-refractivity contribution >= 4 is 22.3 Å². The van der Waals surface area contributed by atoms with Crippen molar-refractivity contribution in [3.05, 3.63) is 54.7 Å². The van der Waals surface area contributed by atoms with Crippen molar-refractivity contribution in [3.63, 3.8) is 0 Å². The number of nitrogens with one attached hydrogen (secondary N) is 1. The van der Waals surface area contributed by atoms with Gasteiger partial charge >= 0.3 is 0 Å². The van der Waals surface area contributed by atoms with Gasteiger partial charge in [0.2, 0.25) is 0 Å². The zero-order valence-corrected chi connectivity index (χ0v) is 9.14. The molecule has 2 heteroatoms. The normalized spacial score (nSPS) is 12.0. The summed E-state index contributed by atoms with van der Waals surface area (Å²) in [4.78, 5) is 4.42. The second-order valence-electron chi connectivity index (χ2n) is 4.23. The summed E-state index contributed by atoms with van der Waals surface area (Å²) in [5, 5.41) is 4.68. The van der Waals surface area contributed by atoms with Crippen molar-refractivity contribution in [3.8, 4) is 11.1 Å². The van der Waals surface area contributed by atoms with Gasteiger partial charge in [-0.25, -0.2) is 0 Å². The van der Waals surface area contributed by atoms with Gasteiger partial charge in [-0.05, 0) is 23.8 Å². The van der Waals surface area contributed by atoms with E-state index >= 15 is 0 Å². The molecule has 0 saturated carbocycles. The topological polar surface area (TPSA) is 24.9 Å². The van der Waals surface area contributed by atoms with Gasteiger partial charge in [0.15, 0.2) is 0 Å². The Kier molecular flexibility index (Phi) is 1.59. The van der Waals surface area contributed by atoms with Crippen molar-refractivity contribution in [2.75, 3.05) is 5.32 Å². The zero-order chi connectivity index (χ0) is 11.2. The molecule has 0 radical (unpaired) electrons. The van der Waals surface area contributed by atoms with Crippen LogP contribution in [0.3, 0.4) is 0 Å². The van der Waals surface area contributed by atoms with Crippen LogP contribution in [0.25, 0.3) is 22.0 Å². The number of nitrogens with zero attached hydrogens (tertiary/aromatic N) is 1. The minimum absolute atomic E-state index is 1.04.